The molecule has 0 aliphatic carbocycles. The Hall–Kier alpha value is -0.870. The summed E-state index contributed by atoms with van der Waals surface area (Å²) < 4.78 is 1.03. The first-order valence-corrected chi connectivity index (χ1v) is 6.07. The molecule has 0 aromatic heterocycles. The first-order valence-electron chi connectivity index (χ1n) is 5.27. The van der Waals surface area contributed by atoms with Gasteiger partial charge in [0.2, 0.25) is 5.91 Å². The zero-order valence-corrected chi connectivity index (χ0v) is 10.8. The van der Waals surface area contributed by atoms with E-state index in [1.54, 1.807) is 6.92 Å². The number of aliphatic hydroxyl groups is 1. The topological polar surface area (TPSA) is 49.3 Å². The van der Waals surface area contributed by atoms with E-state index in [1.807, 2.05) is 24.3 Å². The van der Waals surface area contributed by atoms with Crippen molar-refractivity contribution in [3.63, 3.8) is 0 Å². The summed E-state index contributed by atoms with van der Waals surface area (Å²) in [5.41, 5.74) is 1.12. The van der Waals surface area contributed by atoms with E-state index in [0.717, 1.165) is 10.0 Å². The number of carbonyl (C=O) groups is 1. The summed E-state index contributed by atoms with van der Waals surface area (Å²) in [5.74, 6) is -0.0309. The molecule has 0 aliphatic rings. The SMILES string of the molecule is CC(O)CNC(=O)CCc1ccccc1Br. The van der Waals surface area contributed by atoms with Crippen molar-refractivity contribution >= 4 is 21.8 Å². The molecule has 0 saturated heterocycles. The van der Waals surface area contributed by atoms with Crippen molar-refractivity contribution in [3.05, 3.63) is 34.3 Å². The maximum atomic E-state index is 11.4. The van der Waals surface area contributed by atoms with Crippen LogP contribution >= 0.6 is 15.9 Å². The highest BCUT2D eigenvalue weighted by molar-refractivity contribution is 9.10. The second kappa shape index (κ2) is 6.66. The normalized spacial score (nSPS) is 12.2. The van der Waals surface area contributed by atoms with E-state index in [9.17, 15) is 4.79 Å². The van der Waals surface area contributed by atoms with Crippen LogP contribution in [0.1, 0.15) is 18.9 Å². The predicted octanol–water partition coefficient (Wildman–Crippen LogP) is 1.88. The van der Waals surface area contributed by atoms with Gasteiger partial charge in [0.25, 0.3) is 0 Å². The van der Waals surface area contributed by atoms with E-state index >= 15 is 0 Å². The van der Waals surface area contributed by atoms with Gasteiger partial charge in [-0.15, -0.1) is 0 Å². The lowest BCUT2D eigenvalue weighted by Crippen LogP contribution is -2.30. The van der Waals surface area contributed by atoms with Crippen molar-refractivity contribution in [2.45, 2.75) is 25.9 Å². The molecule has 1 unspecified atom stereocenters. The predicted molar refractivity (Wildman–Crippen MR) is 67.2 cm³/mol. The number of halogens is 1. The molecule has 1 atom stereocenters. The number of nitrogens with one attached hydrogen (secondary N) is 1. The third kappa shape index (κ3) is 4.77. The van der Waals surface area contributed by atoms with Crippen LogP contribution in [0.3, 0.4) is 0 Å². The molecule has 0 radical (unpaired) electrons. The van der Waals surface area contributed by atoms with Crippen LogP contribution < -0.4 is 5.32 Å². The summed E-state index contributed by atoms with van der Waals surface area (Å²) in [6, 6.07) is 7.85. The third-order valence-electron chi connectivity index (χ3n) is 2.17. The number of hydrogen-bond acceptors (Lipinski definition) is 2. The standard InChI is InChI=1S/C12H16BrNO2/c1-9(15)8-14-12(16)7-6-10-4-2-3-5-11(10)13/h2-5,9,15H,6-8H2,1H3,(H,14,16). The van der Waals surface area contributed by atoms with Gasteiger partial charge in [0, 0.05) is 17.4 Å². The molecule has 0 aliphatic heterocycles. The first-order chi connectivity index (χ1) is 7.59. The Morgan fingerprint density at radius 3 is 2.81 bits per heavy atom. The number of rotatable bonds is 5. The summed E-state index contributed by atoms with van der Waals surface area (Å²) in [6.45, 7) is 1.96. The van der Waals surface area contributed by atoms with Gasteiger partial charge in [0.1, 0.15) is 0 Å². The van der Waals surface area contributed by atoms with Crippen LogP contribution in [-0.4, -0.2) is 23.7 Å². The minimum Gasteiger partial charge on any atom is -0.392 e. The molecule has 16 heavy (non-hydrogen) atoms. The van der Waals surface area contributed by atoms with E-state index in [0.29, 0.717) is 19.4 Å². The molecule has 2 N–H and O–H groups in total. The zero-order valence-electron chi connectivity index (χ0n) is 9.24. The van der Waals surface area contributed by atoms with E-state index in [4.69, 9.17) is 5.11 Å². The molecule has 1 amide bonds. The van der Waals surface area contributed by atoms with Crippen molar-refractivity contribution in [1.29, 1.82) is 0 Å². The molecule has 4 heteroatoms. The number of aliphatic hydroxyl groups excluding tert-OH is 1. The molecule has 0 fully saturated rings. The van der Waals surface area contributed by atoms with Gasteiger partial charge in [-0.3, -0.25) is 4.79 Å². The molecule has 0 heterocycles. The Labute approximate surface area is 104 Å². The fraction of sp³-hybridized carbons (Fsp3) is 0.417. The number of hydrogen-bond donors (Lipinski definition) is 2. The molecule has 1 rings (SSSR count). The molecule has 88 valence electrons. The summed E-state index contributed by atoms with van der Waals surface area (Å²) >= 11 is 3.44. The van der Waals surface area contributed by atoms with Gasteiger partial charge in [-0.1, -0.05) is 34.1 Å². The lowest BCUT2D eigenvalue weighted by atomic mass is 10.1. The van der Waals surface area contributed by atoms with Crippen LogP contribution in [0, 0.1) is 0 Å². The first kappa shape index (κ1) is 13.2. The Morgan fingerprint density at radius 2 is 2.19 bits per heavy atom. The van der Waals surface area contributed by atoms with Crippen molar-refractivity contribution in [2.75, 3.05) is 6.54 Å². The minimum absolute atomic E-state index is 0.0309. The van der Waals surface area contributed by atoms with Crippen LogP contribution in [0.15, 0.2) is 28.7 Å². The van der Waals surface area contributed by atoms with Gasteiger partial charge in [-0.2, -0.15) is 0 Å². The molecule has 1 aromatic carbocycles. The number of benzene rings is 1. The van der Waals surface area contributed by atoms with E-state index in [2.05, 4.69) is 21.2 Å². The van der Waals surface area contributed by atoms with Crippen molar-refractivity contribution in [3.8, 4) is 0 Å². The molecule has 0 bridgehead atoms. The van der Waals surface area contributed by atoms with Gasteiger partial charge >= 0.3 is 0 Å². The summed E-state index contributed by atoms with van der Waals surface area (Å²) in [7, 11) is 0. The molecule has 1 aromatic rings. The van der Waals surface area contributed by atoms with Gasteiger partial charge in [0.15, 0.2) is 0 Å². The summed E-state index contributed by atoms with van der Waals surface area (Å²) in [5, 5.41) is 11.7. The Bertz CT molecular complexity index is 353. The molecule has 0 saturated carbocycles. The van der Waals surface area contributed by atoms with Crippen LogP contribution in [0.25, 0.3) is 0 Å². The largest absolute Gasteiger partial charge is 0.392 e. The molecule has 3 nitrogen and oxygen atoms in total. The quantitative estimate of drug-likeness (QED) is 0.868. The van der Waals surface area contributed by atoms with Crippen molar-refractivity contribution in [1.82, 2.24) is 5.32 Å². The maximum absolute atomic E-state index is 11.4. The Kier molecular flexibility index (Phi) is 5.49. The van der Waals surface area contributed by atoms with E-state index in [1.165, 1.54) is 0 Å². The Balaban J connectivity index is 2.35. The second-order valence-corrected chi connectivity index (χ2v) is 4.60. The van der Waals surface area contributed by atoms with Gasteiger partial charge in [-0.25, -0.2) is 0 Å². The fourth-order valence-corrected chi connectivity index (χ4v) is 1.78. The third-order valence-corrected chi connectivity index (χ3v) is 2.95. The van der Waals surface area contributed by atoms with Gasteiger partial charge < -0.3 is 10.4 Å². The van der Waals surface area contributed by atoms with Crippen molar-refractivity contribution in [2.24, 2.45) is 0 Å². The minimum atomic E-state index is -0.493. The number of amides is 1. The van der Waals surface area contributed by atoms with Crippen LogP contribution in [-0.2, 0) is 11.2 Å². The zero-order chi connectivity index (χ0) is 12.0. The number of aryl methyl sites for hydroxylation is 1. The van der Waals surface area contributed by atoms with Gasteiger partial charge in [0.05, 0.1) is 6.10 Å². The molecular weight excluding hydrogens is 270 g/mol. The Morgan fingerprint density at radius 1 is 1.50 bits per heavy atom. The van der Waals surface area contributed by atoms with Gasteiger partial charge in [-0.05, 0) is 25.0 Å². The monoisotopic (exact) mass is 285 g/mol. The highest BCUT2D eigenvalue weighted by Crippen LogP contribution is 2.17. The van der Waals surface area contributed by atoms with Crippen molar-refractivity contribution < 1.29 is 9.90 Å². The lowest BCUT2D eigenvalue weighted by molar-refractivity contribution is -0.121. The van der Waals surface area contributed by atoms with E-state index < -0.39 is 6.10 Å². The average Bonchev–Trinajstić information content (AvgIpc) is 2.25. The lowest BCUT2D eigenvalue weighted by Gasteiger charge is -2.07. The van der Waals surface area contributed by atoms with Crippen LogP contribution in [0.5, 0.6) is 0 Å². The van der Waals surface area contributed by atoms with E-state index in [-0.39, 0.29) is 5.91 Å². The smallest absolute Gasteiger partial charge is 0.220 e. The molecular formula is C12H16BrNO2. The molecule has 0 spiro atoms. The fourth-order valence-electron chi connectivity index (χ4n) is 1.30. The summed E-state index contributed by atoms with van der Waals surface area (Å²) in [6.07, 6.45) is 0.648. The average molecular weight is 286 g/mol. The number of carbonyl (C=O) groups excluding carboxylic acids is 1. The van der Waals surface area contributed by atoms with Crippen LogP contribution in [0.2, 0.25) is 0 Å². The summed E-state index contributed by atoms with van der Waals surface area (Å²) in [4.78, 5) is 11.4. The van der Waals surface area contributed by atoms with Crippen LogP contribution in [0.4, 0.5) is 0 Å². The highest BCUT2D eigenvalue weighted by atomic mass is 79.9. The second-order valence-electron chi connectivity index (χ2n) is 3.74. The maximum Gasteiger partial charge on any atom is 0.220 e. The highest BCUT2D eigenvalue weighted by Gasteiger charge is 2.05.